The van der Waals surface area contributed by atoms with E-state index < -0.39 is 62.6 Å². The number of hydrogen-bond donors (Lipinski definition) is 0. The standard InChI is InChI=1S/C40H56O10S2/c1-5-6-7-8-9-11-16-34-35(17-12-10-13-18-36(40(41)46-4)48-39-19-14-15-28-47-39)38(50-52(44,45)33-26-22-31(3)23-27-33)29-37(34)49-51(42,43)32-24-20-30(2)21-25-32/h10-12,16,20-27,34-39H,5-9,13-15,17-19,28-29H2,1-4H3/b12-10-,16-11+/t34-,35-,36?,37+,38-,39?/m1/s1. The lowest BCUT2D eigenvalue weighted by Crippen LogP contribution is -2.33. The molecule has 2 aromatic carbocycles. The van der Waals surface area contributed by atoms with Gasteiger partial charge in [0, 0.05) is 18.9 Å². The second-order valence-corrected chi connectivity index (χ2v) is 16.9. The highest BCUT2D eigenvalue weighted by Crippen LogP contribution is 2.42. The van der Waals surface area contributed by atoms with E-state index in [9.17, 15) is 21.6 Å². The van der Waals surface area contributed by atoms with Crippen LogP contribution < -0.4 is 0 Å². The van der Waals surface area contributed by atoms with Gasteiger partial charge in [0.05, 0.1) is 29.1 Å². The lowest BCUT2D eigenvalue weighted by atomic mass is 9.89. The summed E-state index contributed by atoms with van der Waals surface area (Å²) in [7, 11) is -7.02. The first-order valence-corrected chi connectivity index (χ1v) is 21.4. The fraction of sp³-hybridized carbons (Fsp3) is 0.575. The molecule has 0 aromatic heterocycles. The van der Waals surface area contributed by atoms with Crippen LogP contribution in [0.4, 0.5) is 0 Å². The van der Waals surface area contributed by atoms with Crippen molar-refractivity contribution in [1.82, 2.24) is 0 Å². The van der Waals surface area contributed by atoms with Crippen LogP contribution in [0, 0.1) is 25.7 Å². The Hall–Kier alpha value is -2.87. The molecule has 1 heterocycles. The highest BCUT2D eigenvalue weighted by Gasteiger charge is 2.47. The quantitative estimate of drug-likeness (QED) is 0.0564. The van der Waals surface area contributed by atoms with Crippen molar-refractivity contribution < 1.29 is 44.2 Å². The molecule has 4 rings (SSSR count). The molecule has 1 aliphatic heterocycles. The minimum absolute atomic E-state index is 0.0304. The van der Waals surface area contributed by atoms with Crippen LogP contribution >= 0.6 is 0 Å². The van der Waals surface area contributed by atoms with Crippen molar-refractivity contribution >= 4 is 26.2 Å². The Bertz CT molecular complexity index is 1660. The Morgan fingerprint density at radius 3 is 2.04 bits per heavy atom. The van der Waals surface area contributed by atoms with Gasteiger partial charge in [-0.05, 0) is 95.4 Å². The van der Waals surface area contributed by atoms with Crippen LogP contribution in [-0.2, 0) is 47.6 Å². The molecule has 52 heavy (non-hydrogen) atoms. The molecule has 0 bridgehead atoms. The van der Waals surface area contributed by atoms with Gasteiger partial charge in [-0.1, -0.05) is 85.9 Å². The average Bonchev–Trinajstić information content (AvgIpc) is 3.42. The van der Waals surface area contributed by atoms with Crippen LogP contribution in [0.1, 0.15) is 95.1 Å². The fourth-order valence-corrected chi connectivity index (χ4v) is 8.90. The Balaban J connectivity index is 1.58. The third-order valence-corrected chi connectivity index (χ3v) is 12.4. The third kappa shape index (κ3) is 12.6. The molecule has 2 aromatic rings. The van der Waals surface area contributed by atoms with E-state index in [0.29, 0.717) is 32.3 Å². The SMILES string of the molecule is CCCCCC/C=C/[C@@H]1[C@@H](C/C=C\CCC(OC2CCCCO2)C(=O)OC)[C@H](OS(=O)(=O)c2ccc(C)cc2)C[C@@H]1OS(=O)(=O)c1ccc(C)cc1. The van der Waals surface area contributed by atoms with E-state index in [1.807, 2.05) is 38.2 Å². The molecule has 12 heteroatoms. The van der Waals surface area contributed by atoms with Crippen LogP contribution in [0.25, 0.3) is 0 Å². The fourth-order valence-electron chi connectivity index (χ4n) is 6.66. The summed E-state index contributed by atoms with van der Waals surface area (Å²) in [6.07, 6.45) is 14.0. The molecule has 6 atom stereocenters. The van der Waals surface area contributed by atoms with Crippen molar-refractivity contribution in [2.75, 3.05) is 13.7 Å². The van der Waals surface area contributed by atoms with Gasteiger partial charge in [-0.15, -0.1) is 0 Å². The molecule has 2 fully saturated rings. The number of benzene rings is 2. The molecule has 2 aliphatic rings. The first-order valence-electron chi connectivity index (χ1n) is 18.6. The van der Waals surface area contributed by atoms with Crippen LogP contribution in [0.2, 0.25) is 0 Å². The Morgan fingerprint density at radius 1 is 0.827 bits per heavy atom. The van der Waals surface area contributed by atoms with Gasteiger partial charge in [0.15, 0.2) is 12.4 Å². The summed E-state index contributed by atoms with van der Waals surface area (Å²) in [6, 6.07) is 12.9. The van der Waals surface area contributed by atoms with Gasteiger partial charge in [0.25, 0.3) is 20.2 Å². The van der Waals surface area contributed by atoms with Gasteiger partial charge in [0.1, 0.15) is 0 Å². The zero-order valence-corrected chi connectivity index (χ0v) is 32.6. The minimum Gasteiger partial charge on any atom is -0.467 e. The smallest absolute Gasteiger partial charge is 0.335 e. The molecule has 288 valence electrons. The number of allylic oxidation sites excluding steroid dienone is 3. The predicted molar refractivity (Wildman–Crippen MR) is 199 cm³/mol. The molecular weight excluding hydrogens is 705 g/mol. The molecular formula is C40H56O10S2. The van der Waals surface area contributed by atoms with Gasteiger partial charge in [0.2, 0.25) is 0 Å². The molecule has 2 unspecified atom stereocenters. The second kappa shape index (κ2) is 20.5. The van der Waals surface area contributed by atoms with Crippen LogP contribution in [0.5, 0.6) is 0 Å². The number of hydrogen-bond acceptors (Lipinski definition) is 10. The summed E-state index contributed by atoms with van der Waals surface area (Å²) < 4.78 is 82.7. The van der Waals surface area contributed by atoms with Gasteiger partial charge in [-0.25, -0.2) is 4.79 Å². The van der Waals surface area contributed by atoms with Crippen molar-refractivity contribution in [2.24, 2.45) is 11.8 Å². The average molecular weight is 761 g/mol. The summed E-state index contributed by atoms with van der Waals surface area (Å²) >= 11 is 0. The Morgan fingerprint density at radius 2 is 1.46 bits per heavy atom. The summed E-state index contributed by atoms with van der Waals surface area (Å²) in [5.41, 5.74) is 1.82. The molecule has 1 aliphatic carbocycles. The number of ether oxygens (including phenoxy) is 3. The van der Waals surface area contributed by atoms with E-state index in [1.54, 1.807) is 24.3 Å². The summed E-state index contributed by atoms with van der Waals surface area (Å²) in [4.78, 5) is 12.6. The summed E-state index contributed by atoms with van der Waals surface area (Å²) in [5.74, 6) is -1.35. The van der Waals surface area contributed by atoms with Crippen molar-refractivity contribution in [3.63, 3.8) is 0 Å². The molecule has 1 saturated carbocycles. The molecule has 0 amide bonds. The normalized spacial score (nSPS) is 23.3. The Labute approximate surface area is 311 Å². The van der Waals surface area contributed by atoms with Gasteiger partial charge in [-0.3, -0.25) is 8.37 Å². The molecule has 1 saturated heterocycles. The zero-order chi connectivity index (χ0) is 37.6. The number of esters is 1. The number of methoxy groups -OCH3 is 1. The highest BCUT2D eigenvalue weighted by atomic mass is 32.2. The van der Waals surface area contributed by atoms with Crippen molar-refractivity contribution in [3.05, 3.63) is 84.0 Å². The van der Waals surface area contributed by atoms with Crippen LogP contribution in [-0.4, -0.2) is 61.1 Å². The van der Waals surface area contributed by atoms with E-state index in [2.05, 4.69) is 6.92 Å². The number of aryl methyl sites for hydroxylation is 2. The predicted octanol–water partition coefficient (Wildman–Crippen LogP) is 8.13. The monoisotopic (exact) mass is 760 g/mol. The summed E-state index contributed by atoms with van der Waals surface area (Å²) in [5, 5.41) is 0. The topological polar surface area (TPSA) is 132 Å². The number of carbonyl (C=O) groups is 1. The zero-order valence-electron chi connectivity index (χ0n) is 31.0. The van der Waals surface area contributed by atoms with E-state index >= 15 is 0 Å². The maximum absolute atomic E-state index is 13.6. The molecule has 0 N–H and O–H groups in total. The molecule has 10 nitrogen and oxygen atoms in total. The van der Waals surface area contributed by atoms with E-state index in [1.165, 1.54) is 31.4 Å². The molecule has 0 spiro atoms. The highest BCUT2D eigenvalue weighted by molar-refractivity contribution is 7.87. The number of unbranched alkanes of at least 4 members (excludes halogenated alkanes) is 4. The largest absolute Gasteiger partial charge is 0.467 e. The lowest BCUT2D eigenvalue weighted by molar-refractivity contribution is -0.203. The maximum Gasteiger partial charge on any atom is 0.335 e. The van der Waals surface area contributed by atoms with Crippen molar-refractivity contribution in [2.45, 2.75) is 132 Å². The summed E-state index contributed by atoms with van der Waals surface area (Å²) in [6.45, 7) is 6.49. The van der Waals surface area contributed by atoms with Crippen molar-refractivity contribution in [1.29, 1.82) is 0 Å². The second-order valence-electron chi connectivity index (χ2n) is 13.8. The minimum atomic E-state index is -4.18. The van der Waals surface area contributed by atoms with Crippen LogP contribution in [0.3, 0.4) is 0 Å². The number of rotatable bonds is 20. The van der Waals surface area contributed by atoms with E-state index in [4.69, 9.17) is 22.6 Å². The lowest BCUT2D eigenvalue weighted by Gasteiger charge is -2.26. The first-order chi connectivity index (χ1) is 24.9. The maximum atomic E-state index is 13.6. The van der Waals surface area contributed by atoms with Gasteiger partial charge < -0.3 is 14.2 Å². The number of carbonyl (C=O) groups excluding carboxylic acids is 1. The van der Waals surface area contributed by atoms with Gasteiger partial charge in [-0.2, -0.15) is 16.8 Å². The molecule has 0 radical (unpaired) electrons. The van der Waals surface area contributed by atoms with E-state index in [0.717, 1.165) is 56.1 Å². The first kappa shape index (κ1) is 41.9. The Kier molecular flexibility index (Phi) is 16.5. The van der Waals surface area contributed by atoms with Crippen LogP contribution in [0.15, 0.2) is 82.6 Å². The van der Waals surface area contributed by atoms with Gasteiger partial charge >= 0.3 is 5.97 Å². The third-order valence-electron chi connectivity index (χ3n) is 9.66. The van der Waals surface area contributed by atoms with E-state index in [-0.39, 0.29) is 16.2 Å². The van der Waals surface area contributed by atoms with Crippen molar-refractivity contribution in [3.8, 4) is 0 Å².